The second-order valence-electron chi connectivity index (χ2n) is 13.2. The smallest absolute Gasteiger partial charge is 0.136 e. The van der Waals surface area contributed by atoms with Gasteiger partial charge in [-0.25, -0.2) is 0 Å². The Balaban J connectivity index is 1.11. The number of hydrogen-bond donors (Lipinski definition) is 0. The molecule has 0 fully saturated rings. The largest absolute Gasteiger partial charge is 0.456 e. The van der Waals surface area contributed by atoms with Crippen LogP contribution < -0.4 is 0 Å². The third-order valence-corrected chi connectivity index (χ3v) is 11.6. The normalized spacial score (nSPS) is 12.0. The molecule has 11 rings (SSSR count). The Morgan fingerprint density at radius 3 is 1.60 bits per heavy atom. The Morgan fingerprint density at radius 2 is 0.880 bits per heavy atom. The predicted molar refractivity (Wildman–Crippen MR) is 215 cm³/mol. The highest BCUT2D eigenvalue weighted by Crippen LogP contribution is 2.46. The van der Waals surface area contributed by atoms with Crippen LogP contribution in [0, 0.1) is 0 Å². The van der Waals surface area contributed by atoms with Crippen molar-refractivity contribution in [1.82, 2.24) is 0 Å². The third-order valence-electron chi connectivity index (χ3n) is 10.5. The van der Waals surface area contributed by atoms with Crippen LogP contribution in [0.3, 0.4) is 0 Å². The van der Waals surface area contributed by atoms with Crippen LogP contribution in [0.5, 0.6) is 0 Å². The summed E-state index contributed by atoms with van der Waals surface area (Å²) in [5.74, 6) is 0. The van der Waals surface area contributed by atoms with Crippen LogP contribution in [0.15, 0.2) is 174 Å². The van der Waals surface area contributed by atoms with Gasteiger partial charge in [0.2, 0.25) is 0 Å². The van der Waals surface area contributed by atoms with Crippen LogP contribution in [-0.2, 0) is 0 Å². The molecule has 2 heteroatoms. The van der Waals surface area contributed by atoms with E-state index in [1.165, 1.54) is 80.3 Å². The predicted octanol–water partition coefficient (Wildman–Crippen LogP) is 14.4. The van der Waals surface area contributed by atoms with Crippen LogP contribution in [0.4, 0.5) is 0 Å². The number of thiophene rings is 1. The van der Waals surface area contributed by atoms with E-state index in [0.717, 1.165) is 27.5 Å². The minimum Gasteiger partial charge on any atom is -0.456 e. The first-order chi connectivity index (χ1) is 24.8. The first kappa shape index (κ1) is 27.7. The average Bonchev–Trinajstić information content (AvgIpc) is 3.73. The van der Waals surface area contributed by atoms with Gasteiger partial charge in [0.05, 0.1) is 0 Å². The van der Waals surface area contributed by atoms with Crippen LogP contribution in [-0.4, -0.2) is 0 Å². The van der Waals surface area contributed by atoms with Gasteiger partial charge in [0.15, 0.2) is 0 Å². The van der Waals surface area contributed by atoms with E-state index in [0.29, 0.717) is 0 Å². The van der Waals surface area contributed by atoms with Crippen molar-refractivity contribution in [3.05, 3.63) is 170 Å². The molecule has 50 heavy (non-hydrogen) atoms. The zero-order valence-corrected chi connectivity index (χ0v) is 27.8. The summed E-state index contributed by atoms with van der Waals surface area (Å²) in [5.41, 5.74) is 9.19. The molecule has 0 aliphatic carbocycles. The first-order valence-corrected chi connectivity index (χ1v) is 17.9. The maximum absolute atomic E-state index is 6.68. The molecule has 0 N–H and O–H groups in total. The number of fused-ring (bicyclic) bond motifs is 10. The fourth-order valence-electron chi connectivity index (χ4n) is 8.18. The number of hydrogen-bond acceptors (Lipinski definition) is 2. The molecule has 9 aromatic carbocycles. The molecule has 0 unspecified atom stereocenters. The second-order valence-corrected chi connectivity index (χ2v) is 14.3. The molecule has 2 heterocycles. The van der Waals surface area contributed by atoms with E-state index >= 15 is 0 Å². The molecule has 232 valence electrons. The van der Waals surface area contributed by atoms with Crippen molar-refractivity contribution < 1.29 is 4.42 Å². The van der Waals surface area contributed by atoms with Crippen molar-refractivity contribution in [3.63, 3.8) is 0 Å². The van der Waals surface area contributed by atoms with Crippen molar-refractivity contribution in [3.8, 4) is 33.4 Å². The lowest BCUT2D eigenvalue weighted by Gasteiger charge is -2.18. The minimum atomic E-state index is 0.915. The van der Waals surface area contributed by atoms with Gasteiger partial charge < -0.3 is 4.42 Å². The molecule has 0 spiro atoms. The Kier molecular flexibility index (Phi) is 5.89. The van der Waals surface area contributed by atoms with Crippen molar-refractivity contribution in [1.29, 1.82) is 0 Å². The zero-order valence-electron chi connectivity index (χ0n) is 27.0. The molecule has 2 aromatic heterocycles. The summed E-state index contributed by atoms with van der Waals surface area (Å²) in [6, 6.07) is 61.9. The Bertz CT molecular complexity index is 3070. The van der Waals surface area contributed by atoms with E-state index in [1.807, 2.05) is 11.3 Å². The van der Waals surface area contributed by atoms with Crippen molar-refractivity contribution in [2.24, 2.45) is 0 Å². The highest BCUT2D eigenvalue weighted by Gasteiger charge is 2.19. The summed E-state index contributed by atoms with van der Waals surface area (Å²) in [4.78, 5) is 0. The molecule has 0 saturated carbocycles. The maximum Gasteiger partial charge on any atom is 0.136 e. The van der Waals surface area contributed by atoms with Gasteiger partial charge in [-0.2, -0.15) is 0 Å². The minimum absolute atomic E-state index is 0.915. The first-order valence-electron chi connectivity index (χ1n) is 17.1. The third kappa shape index (κ3) is 4.06. The van der Waals surface area contributed by atoms with E-state index in [4.69, 9.17) is 4.42 Å². The van der Waals surface area contributed by atoms with Crippen molar-refractivity contribution in [2.45, 2.75) is 0 Å². The molecule has 0 amide bonds. The van der Waals surface area contributed by atoms with Crippen LogP contribution in [0.25, 0.3) is 108 Å². The Morgan fingerprint density at radius 1 is 0.320 bits per heavy atom. The summed E-state index contributed by atoms with van der Waals surface area (Å²) in [7, 11) is 0. The molecular formula is C48H28OS. The van der Waals surface area contributed by atoms with Gasteiger partial charge in [-0.3, -0.25) is 0 Å². The summed E-state index contributed by atoms with van der Waals surface area (Å²) in [5, 5.41) is 12.5. The highest BCUT2D eigenvalue weighted by atomic mass is 32.1. The topological polar surface area (TPSA) is 13.1 Å². The van der Waals surface area contributed by atoms with E-state index in [1.54, 1.807) is 0 Å². The lowest BCUT2D eigenvalue weighted by molar-refractivity contribution is 0.669. The van der Waals surface area contributed by atoms with Crippen LogP contribution >= 0.6 is 11.3 Å². The van der Waals surface area contributed by atoms with Gasteiger partial charge in [-0.05, 0) is 96.0 Å². The fourth-order valence-corrected chi connectivity index (χ4v) is 9.31. The van der Waals surface area contributed by atoms with Gasteiger partial charge in [-0.15, -0.1) is 11.3 Å². The molecule has 0 saturated heterocycles. The Hall–Kier alpha value is -6.22. The lowest BCUT2D eigenvalue weighted by atomic mass is 9.85. The number of benzene rings is 9. The molecule has 0 aliphatic heterocycles. The monoisotopic (exact) mass is 652 g/mol. The van der Waals surface area contributed by atoms with E-state index in [-0.39, 0.29) is 0 Å². The van der Waals surface area contributed by atoms with Crippen molar-refractivity contribution in [2.75, 3.05) is 0 Å². The Labute approximate surface area is 292 Å². The summed E-state index contributed by atoms with van der Waals surface area (Å²) in [6.45, 7) is 0. The van der Waals surface area contributed by atoms with Gasteiger partial charge in [0.25, 0.3) is 0 Å². The fraction of sp³-hybridized carbons (Fsp3) is 0. The van der Waals surface area contributed by atoms with Gasteiger partial charge in [0, 0.05) is 30.9 Å². The highest BCUT2D eigenvalue weighted by molar-refractivity contribution is 7.26. The quantitative estimate of drug-likeness (QED) is 0.173. The van der Waals surface area contributed by atoms with Gasteiger partial charge in [-0.1, -0.05) is 140 Å². The summed E-state index contributed by atoms with van der Waals surface area (Å²) < 4.78 is 9.25. The molecule has 0 atom stereocenters. The average molecular weight is 653 g/mol. The van der Waals surface area contributed by atoms with Gasteiger partial charge in [0.1, 0.15) is 11.2 Å². The van der Waals surface area contributed by atoms with Crippen LogP contribution in [0.2, 0.25) is 0 Å². The summed E-state index contributed by atoms with van der Waals surface area (Å²) >= 11 is 1.84. The zero-order chi connectivity index (χ0) is 32.8. The second kappa shape index (κ2) is 10.6. The lowest BCUT2D eigenvalue weighted by Crippen LogP contribution is -1.91. The number of furan rings is 1. The summed E-state index contributed by atoms with van der Waals surface area (Å²) in [6.07, 6.45) is 0. The maximum atomic E-state index is 6.68. The molecule has 0 radical (unpaired) electrons. The standard InChI is InChI=1S/C48H28OS/c1-2-10-29(11-3-1)30-18-20-32(21-19-30)46-36-14-6-8-16-38(36)47(39-17-9-7-15-37(39)46)33-22-24-35-40-27-41-45(28-43(40)49-42(35)26-33)50-44-25-23-31-12-4-5-13-34(31)48(41)44/h1-28H. The SMILES string of the molecule is c1ccc(-c2ccc(-c3c4ccccc4c(-c4ccc5c(c4)oc4cc6sc7ccc8ccccc8c7c6cc45)c4ccccc34)cc2)cc1. The van der Waals surface area contributed by atoms with Gasteiger partial charge >= 0.3 is 0 Å². The molecule has 11 aromatic rings. The molecule has 0 bridgehead atoms. The molecule has 0 aliphatic rings. The van der Waals surface area contributed by atoms with E-state index in [2.05, 4.69) is 170 Å². The van der Waals surface area contributed by atoms with E-state index in [9.17, 15) is 0 Å². The molecule has 1 nitrogen and oxygen atoms in total. The number of rotatable bonds is 3. The van der Waals surface area contributed by atoms with Crippen molar-refractivity contribution >= 4 is 85.8 Å². The van der Waals surface area contributed by atoms with Crippen LogP contribution in [0.1, 0.15) is 0 Å². The van der Waals surface area contributed by atoms with E-state index < -0.39 is 0 Å². The molecular weight excluding hydrogens is 625 g/mol.